The Labute approximate surface area is 127 Å². The second-order valence-corrected chi connectivity index (χ2v) is 6.02. The summed E-state index contributed by atoms with van der Waals surface area (Å²) in [7, 11) is 0. The van der Waals surface area contributed by atoms with E-state index in [2.05, 4.69) is 16.5 Å². The number of halogens is 1. The number of carbonyl (C=O) groups is 1. The predicted molar refractivity (Wildman–Crippen MR) is 77.3 cm³/mol. The van der Waals surface area contributed by atoms with Crippen LogP contribution in [-0.4, -0.2) is 29.0 Å². The van der Waals surface area contributed by atoms with Crippen molar-refractivity contribution in [3.05, 3.63) is 35.4 Å². The van der Waals surface area contributed by atoms with Crippen LogP contribution in [0.25, 0.3) is 0 Å². The van der Waals surface area contributed by atoms with Crippen LogP contribution in [0.4, 0.5) is 4.39 Å². The lowest BCUT2D eigenvalue weighted by molar-refractivity contribution is -0.114. The number of benzene rings is 1. The van der Waals surface area contributed by atoms with Gasteiger partial charge in [-0.25, -0.2) is 9.38 Å². The van der Waals surface area contributed by atoms with E-state index in [0.29, 0.717) is 5.56 Å². The molecule has 0 radical (unpaired) electrons. The molecule has 1 saturated heterocycles. The van der Waals surface area contributed by atoms with Crippen molar-refractivity contribution in [1.82, 2.24) is 10.4 Å². The number of hydrazine groups is 1. The first kappa shape index (κ1) is 13.4. The molecule has 0 bridgehead atoms. The van der Waals surface area contributed by atoms with Crippen molar-refractivity contribution in [2.75, 3.05) is 0 Å². The number of nitrogens with zero attached hydrogens (tertiary/aromatic N) is 3. The van der Waals surface area contributed by atoms with Crippen LogP contribution < -0.4 is 5.43 Å². The third-order valence-electron chi connectivity index (χ3n) is 4.51. The van der Waals surface area contributed by atoms with Crippen molar-refractivity contribution in [1.29, 1.82) is 5.26 Å². The molecule has 2 heterocycles. The number of hydrogen-bond acceptors (Lipinski definition) is 5. The van der Waals surface area contributed by atoms with Crippen LogP contribution in [0, 0.1) is 17.2 Å². The molecule has 4 rings (SSSR count). The molecule has 1 unspecified atom stereocenters. The molecule has 1 aromatic carbocycles. The smallest absolute Gasteiger partial charge is 0.201 e. The van der Waals surface area contributed by atoms with E-state index in [4.69, 9.17) is 0 Å². The van der Waals surface area contributed by atoms with Gasteiger partial charge in [0.1, 0.15) is 6.17 Å². The highest BCUT2D eigenvalue weighted by Gasteiger charge is 2.49. The van der Waals surface area contributed by atoms with Crippen molar-refractivity contribution in [3.8, 4) is 6.07 Å². The van der Waals surface area contributed by atoms with Crippen LogP contribution in [0.5, 0.6) is 0 Å². The molecule has 0 amide bonds. The van der Waals surface area contributed by atoms with Crippen molar-refractivity contribution in [2.45, 2.75) is 37.6 Å². The van der Waals surface area contributed by atoms with E-state index in [0.717, 1.165) is 18.4 Å². The minimum absolute atomic E-state index is 0.0195. The summed E-state index contributed by atoms with van der Waals surface area (Å²) in [6.45, 7) is 0. The van der Waals surface area contributed by atoms with Gasteiger partial charge in [0.05, 0.1) is 17.7 Å². The second-order valence-electron chi connectivity index (χ2n) is 6.02. The van der Waals surface area contributed by atoms with Gasteiger partial charge >= 0.3 is 0 Å². The molecule has 1 N–H and O–H groups in total. The standard InChI is InChI=1S/C16H15FN4O/c17-12-7-13(11-4-2-1-3-10(11)8-18)21-16(12)19-15(20-21)14(22)9-5-6-9/h1-4,9,12-13,16H,5-7H2,(H,19,20)/t12-,13-,16?/m0/s1. The summed E-state index contributed by atoms with van der Waals surface area (Å²) in [6.07, 6.45) is 0.238. The monoisotopic (exact) mass is 298 g/mol. The average molecular weight is 298 g/mol. The number of aliphatic imine (C=N–C) groups is 1. The maximum atomic E-state index is 14.3. The van der Waals surface area contributed by atoms with Gasteiger partial charge in [0.2, 0.25) is 5.78 Å². The lowest BCUT2D eigenvalue weighted by atomic mass is 9.99. The number of rotatable bonds is 3. The van der Waals surface area contributed by atoms with E-state index < -0.39 is 12.3 Å². The first-order valence-corrected chi connectivity index (χ1v) is 7.49. The van der Waals surface area contributed by atoms with Crippen LogP contribution in [-0.2, 0) is 4.79 Å². The van der Waals surface area contributed by atoms with Crippen molar-refractivity contribution >= 4 is 11.6 Å². The highest BCUT2D eigenvalue weighted by Crippen LogP contribution is 2.41. The summed E-state index contributed by atoms with van der Waals surface area (Å²) in [6, 6.07) is 9.05. The van der Waals surface area contributed by atoms with E-state index in [9.17, 15) is 14.4 Å². The highest BCUT2D eigenvalue weighted by molar-refractivity contribution is 6.40. The predicted octanol–water partition coefficient (Wildman–Crippen LogP) is 1.87. The van der Waals surface area contributed by atoms with Crippen molar-refractivity contribution in [2.24, 2.45) is 10.9 Å². The fourth-order valence-electron chi connectivity index (χ4n) is 3.20. The normalized spacial score (nSPS) is 30.4. The largest absolute Gasteiger partial charge is 0.298 e. The van der Waals surface area contributed by atoms with E-state index in [1.807, 2.05) is 12.1 Å². The Morgan fingerprint density at radius 3 is 2.91 bits per heavy atom. The summed E-state index contributed by atoms with van der Waals surface area (Å²) >= 11 is 0. The van der Waals surface area contributed by atoms with Crippen LogP contribution in [0.15, 0.2) is 29.3 Å². The Morgan fingerprint density at radius 1 is 1.41 bits per heavy atom. The molecule has 0 aromatic heterocycles. The Morgan fingerprint density at radius 2 is 2.18 bits per heavy atom. The Bertz CT molecular complexity index is 706. The number of amidine groups is 1. The molecule has 2 fully saturated rings. The van der Waals surface area contributed by atoms with Gasteiger partial charge < -0.3 is 0 Å². The van der Waals surface area contributed by atoms with Gasteiger partial charge in [0.15, 0.2) is 12.0 Å². The summed E-state index contributed by atoms with van der Waals surface area (Å²) in [5.74, 6) is 0.303. The molecule has 0 spiro atoms. The number of fused-ring (bicyclic) bond motifs is 1. The van der Waals surface area contributed by atoms with Crippen molar-refractivity contribution in [3.63, 3.8) is 0 Å². The number of Topliss-reactive ketones (excluding diaryl/α,β-unsaturated/α-hetero) is 1. The minimum Gasteiger partial charge on any atom is -0.298 e. The van der Waals surface area contributed by atoms with Gasteiger partial charge in [0, 0.05) is 12.3 Å². The lowest BCUT2D eigenvalue weighted by Gasteiger charge is -2.24. The molecule has 6 heteroatoms. The second kappa shape index (κ2) is 4.89. The maximum absolute atomic E-state index is 14.3. The average Bonchev–Trinajstić information content (AvgIpc) is 3.22. The Balaban J connectivity index is 1.63. The summed E-state index contributed by atoms with van der Waals surface area (Å²) in [4.78, 5) is 16.4. The molecular weight excluding hydrogens is 283 g/mol. The van der Waals surface area contributed by atoms with Crippen LogP contribution in [0.1, 0.15) is 36.4 Å². The third kappa shape index (κ3) is 2.01. The van der Waals surface area contributed by atoms with Gasteiger partial charge in [-0.15, -0.1) is 0 Å². The lowest BCUT2D eigenvalue weighted by Crippen LogP contribution is -2.42. The number of carbonyl (C=O) groups excluding carboxylic acids is 1. The van der Waals surface area contributed by atoms with Crippen LogP contribution in [0.2, 0.25) is 0 Å². The number of nitrogens with one attached hydrogen (secondary N) is 1. The number of hydrogen-bond donors (Lipinski definition) is 1. The molecule has 2 aliphatic heterocycles. The third-order valence-corrected chi connectivity index (χ3v) is 4.51. The molecule has 1 aromatic rings. The van der Waals surface area contributed by atoms with Crippen LogP contribution >= 0.6 is 0 Å². The summed E-state index contributed by atoms with van der Waals surface area (Å²) in [5.41, 5.74) is 4.30. The fraction of sp³-hybridized carbons (Fsp3) is 0.438. The van der Waals surface area contributed by atoms with Crippen LogP contribution in [0.3, 0.4) is 0 Å². The number of nitriles is 1. The van der Waals surface area contributed by atoms with E-state index in [1.54, 1.807) is 17.1 Å². The number of alkyl halides is 1. The number of ketones is 1. The summed E-state index contributed by atoms with van der Waals surface area (Å²) < 4.78 is 14.3. The summed E-state index contributed by atoms with van der Waals surface area (Å²) in [5, 5.41) is 10.9. The first-order valence-electron chi connectivity index (χ1n) is 7.49. The zero-order valence-electron chi connectivity index (χ0n) is 11.9. The molecule has 1 aliphatic carbocycles. The minimum atomic E-state index is -1.14. The zero-order valence-corrected chi connectivity index (χ0v) is 11.9. The van der Waals surface area contributed by atoms with E-state index in [1.165, 1.54) is 0 Å². The molecule has 3 atom stereocenters. The van der Waals surface area contributed by atoms with E-state index in [-0.39, 0.29) is 30.0 Å². The van der Waals surface area contributed by atoms with Gasteiger partial charge in [-0.3, -0.25) is 10.2 Å². The highest BCUT2D eigenvalue weighted by atomic mass is 19.1. The maximum Gasteiger partial charge on any atom is 0.201 e. The molecule has 112 valence electrons. The molecule has 5 nitrogen and oxygen atoms in total. The van der Waals surface area contributed by atoms with Gasteiger partial charge in [0.25, 0.3) is 0 Å². The topological polar surface area (TPSA) is 68.5 Å². The van der Waals surface area contributed by atoms with Crippen molar-refractivity contribution < 1.29 is 9.18 Å². The van der Waals surface area contributed by atoms with E-state index >= 15 is 0 Å². The molecule has 1 saturated carbocycles. The van der Waals surface area contributed by atoms with Gasteiger partial charge in [-0.2, -0.15) is 10.3 Å². The molecular formula is C16H15FN4O. The zero-order chi connectivity index (χ0) is 15.3. The SMILES string of the molecule is N#Cc1ccccc1[C@@H]1C[C@H](F)C2N=C(C(=O)C3CC3)NN21. The van der Waals surface area contributed by atoms with Gasteiger partial charge in [-0.05, 0) is 24.5 Å². The molecule has 3 aliphatic rings. The van der Waals surface area contributed by atoms with Gasteiger partial charge in [-0.1, -0.05) is 18.2 Å². The Kier molecular flexibility index (Phi) is 2.98. The molecule has 22 heavy (non-hydrogen) atoms. The Hall–Kier alpha value is -2.26. The first-order chi connectivity index (χ1) is 10.7. The quantitative estimate of drug-likeness (QED) is 0.925. The fourth-order valence-corrected chi connectivity index (χ4v) is 3.20.